The minimum absolute atomic E-state index is 0.140. The number of pyridine rings is 2. The molecule has 3 heterocycles. The molecule has 0 N–H and O–H groups in total. The number of hydrogen-bond donors (Lipinski definition) is 0. The number of nitrogens with zero attached hydrogens (tertiary/aromatic N) is 4. The number of nitriles is 1. The van der Waals surface area contributed by atoms with Crippen LogP contribution in [0.1, 0.15) is 49.6 Å². The number of rotatable bonds is 5. The van der Waals surface area contributed by atoms with E-state index in [1.807, 2.05) is 31.3 Å². The molecular weight excluding hydrogens is 360 g/mol. The maximum Gasteiger partial charge on any atom is 0.138 e. The van der Waals surface area contributed by atoms with Crippen molar-refractivity contribution in [2.45, 2.75) is 39.7 Å². The molecule has 0 bridgehead atoms. The van der Waals surface area contributed by atoms with Gasteiger partial charge >= 0.3 is 0 Å². The Balaban J connectivity index is 2.21. The summed E-state index contributed by atoms with van der Waals surface area (Å²) in [7, 11) is 1.68. The summed E-state index contributed by atoms with van der Waals surface area (Å²) in [5, 5.41) is 10.1. The Labute approximate surface area is 164 Å². The first-order valence-corrected chi connectivity index (χ1v) is 9.33. The molecule has 3 aromatic rings. The second kappa shape index (κ2) is 7.67. The summed E-state index contributed by atoms with van der Waals surface area (Å²) in [4.78, 5) is 9.28. The van der Waals surface area contributed by atoms with Gasteiger partial charge < -0.3 is 9.30 Å². The van der Waals surface area contributed by atoms with Crippen LogP contribution in [0.25, 0.3) is 22.3 Å². The highest BCUT2D eigenvalue weighted by Gasteiger charge is 2.19. The highest BCUT2D eigenvalue weighted by Crippen LogP contribution is 2.33. The maximum atomic E-state index is 9.73. The number of hydrogen-bond acceptors (Lipinski definition) is 4. The number of fused-ring (bicyclic) bond motifs is 1. The topological polar surface area (TPSA) is 63.7 Å². The van der Waals surface area contributed by atoms with Crippen molar-refractivity contribution in [2.75, 3.05) is 13.7 Å². The zero-order valence-corrected chi connectivity index (χ0v) is 17.0. The van der Waals surface area contributed by atoms with Crippen LogP contribution in [-0.4, -0.2) is 28.3 Å². The smallest absolute Gasteiger partial charge is 0.138 e. The van der Waals surface area contributed by atoms with Gasteiger partial charge in [0.1, 0.15) is 11.2 Å². The molecule has 1 unspecified atom stereocenters. The molecule has 0 aromatic carbocycles. The minimum Gasteiger partial charge on any atom is -0.383 e. The summed E-state index contributed by atoms with van der Waals surface area (Å²) in [6.07, 6.45) is 2.05. The van der Waals surface area contributed by atoms with Crippen molar-refractivity contribution in [1.29, 1.82) is 5.26 Å². The van der Waals surface area contributed by atoms with E-state index in [4.69, 9.17) is 21.3 Å². The molecule has 3 rings (SSSR count). The Hall–Kier alpha value is -2.42. The Morgan fingerprint density at radius 2 is 2.00 bits per heavy atom. The second-order valence-corrected chi connectivity index (χ2v) is 7.48. The van der Waals surface area contributed by atoms with E-state index >= 15 is 0 Å². The van der Waals surface area contributed by atoms with Crippen molar-refractivity contribution in [3.63, 3.8) is 0 Å². The molecule has 0 aliphatic heterocycles. The summed E-state index contributed by atoms with van der Waals surface area (Å²) in [5.74, 6) is 0.279. The first kappa shape index (κ1) is 19.3. The molecule has 5 nitrogen and oxygen atoms in total. The van der Waals surface area contributed by atoms with E-state index < -0.39 is 0 Å². The van der Waals surface area contributed by atoms with Gasteiger partial charge in [0, 0.05) is 24.6 Å². The van der Waals surface area contributed by atoms with Gasteiger partial charge in [0.15, 0.2) is 0 Å². The fourth-order valence-electron chi connectivity index (χ4n) is 3.25. The predicted octanol–water partition coefficient (Wildman–Crippen LogP) is 5.26. The van der Waals surface area contributed by atoms with Crippen molar-refractivity contribution in [3.05, 3.63) is 46.4 Å². The summed E-state index contributed by atoms with van der Waals surface area (Å²) < 4.78 is 7.38. The molecular formula is C21H23ClN4O. The molecule has 0 aliphatic carbocycles. The van der Waals surface area contributed by atoms with E-state index in [1.165, 1.54) is 0 Å². The van der Waals surface area contributed by atoms with E-state index in [1.54, 1.807) is 7.11 Å². The van der Waals surface area contributed by atoms with Crippen molar-refractivity contribution in [1.82, 2.24) is 14.5 Å². The van der Waals surface area contributed by atoms with Crippen molar-refractivity contribution in [2.24, 2.45) is 0 Å². The summed E-state index contributed by atoms with van der Waals surface area (Å²) in [6.45, 7) is 8.81. The molecule has 0 amide bonds. The highest BCUT2D eigenvalue weighted by molar-refractivity contribution is 6.32. The summed E-state index contributed by atoms with van der Waals surface area (Å²) in [5.41, 5.74) is 5.46. The summed E-state index contributed by atoms with van der Waals surface area (Å²) in [6, 6.07) is 8.13. The molecule has 27 heavy (non-hydrogen) atoms. The molecule has 0 aliphatic rings. The molecule has 0 radical (unpaired) electrons. The third-order valence-electron chi connectivity index (χ3n) is 4.71. The Kier molecular flexibility index (Phi) is 5.50. The zero-order valence-electron chi connectivity index (χ0n) is 16.2. The van der Waals surface area contributed by atoms with Crippen LogP contribution in [0.5, 0.6) is 0 Å². The van der Waals surface area contributed by atoms with Crippen LogP contribution in [0.15, 0.2) is 24.4 Å². The number of aryl methyl sites for hydroxylation is 1. The van der Waals surface area contributed by atoms with Gasteiger partial charge in [-0.1, -0.05) is 25.4 Å². The quantitative estimate of drug-likeness (QED) is 0.564. The number of halogens is 1. The Bertz CT molecular complexity index is 1030. The fourth-order valence-corrected chi connectivity index (χ4v) is 3.50. The van der Waals surface area contributed by atoms with Crippen LogP contribution in [-0.2, 0) is 4.74 Å². The standard InChI is InChI=1S/C21H23ClN4O/c1-12(2)17-7-6-16(21(22)24-17)20-15(9-23)8-18-19(25-20)13(3)10-26(18)14(4)11-27-5/h6-8,10,12,14H,11H2,1-5H3. The summed E-state index contributed by atoms with van der Waals surface area (Å²) >= 11 is 6.44. The monoisotopic (exact) mass is 382 g/mol. The van der Waals surface area contributed by atoms with Crippen LogP contribution >= 0.6 is 11.6 Å². The molecule has 0 saturated heterocycles. The van der Waals surface area contributed by atoms with Gasteiger partial charge in [-0.25, -0.2) is 9.97 Å². The molecule has 0 spiro atoms. The van der Waals surface area contributed by atoms with E-state index in [9.17, 15) is 5.26 Å². The lowest BCUT2D eigenvalue weighted by Crippen LogP contribution is -2.10. The number of aromatic nitrogens is 3. The van der Waals surface area contributed by atoms with Gasteiger partial charge in [-0.2, -0.15) is 5.26 Å². The van der Waals surface area contributed by atoms with Gasteiger partial charge in [0.05, 0.1) is 34.9 Å². The maximum absolute atomic E-state index is 9.73. The van der Waals surface area contributed by atoms with Gasteiger partial charge in [-0.15, -0.1) is 0 Å². The zero-order chi connectivity index (χ0) is 19.7. The van der Waals surface area contributed by atoms with Crippen LogP contribution in [0.3, 0.4) is 0 Å². The van der Waals surface area contributed by atoms with Crippen LogP contribution in [0, 0.1) is 18.3 Å². The second-order valence-electron chi connectivity index (χ2n) is 7.12. The highest BCUT2D eigenvalue weighted by atomic mass is 35.5. The lowest BCUT2D eigenvalue weighted by atomic mass is 10.0. The van der Waals surface area contributed by atoms with Gasteiger partial charge in [-0.3, -0.25) is 0 Å². The predicted molar refractivity (Wildman–Crippen MR) is 108 cm³/mol. The first-order valence-electron chi connectivity index (χ1n) is 8.95. The van der Waals surface area contributed by atoms with Crippen molar-refractivity contribution < 1.29 is 4.74 Å². The Morgan fingerprint density at radius 3 is 2.59 bits per heavy atom. The molecule has 1 atom stereocenters. The fraction of sp³-hybridized carbons (Fsp3) is 0.381. The number of methoxy groups -OCH3 is 1. The SMILES string of the molecule is COCC(C)n1cc(C)c2nc(-c3ccc(C(C)C)nc3Cl)c(C#N)cc21. The third-order valence-corrected chi connectivity index (χ3v) is 5.00. The van der Waals surface area contributed by atoms with E-state index in [2.05, 4.69) is 36.4 Å². The number of ether oxygens (including phenoxy) is 1. The van der Waals surface area contributed by atoms with Crippen LogP contribution < -0.4 is 0 Å². The van der Waals surface area contributed by atoms with E-state index in [0.29, 0.717) is 28.6 Å². The molecule has 3 aromatic heterocycles. The van der Waals surface area contributed by atoms with Crippen molar-refractivity contribution in [3.8, 4) is 17.3 Å². The third kappa shape index (κ3) is 3.55. The van der Waals surface area contributed by atoms with Crippen LogP contribution in [0.4, 0.5) is 0 Å². The van der Waals surface area contributed by atoms with E-state index in [0.717, 1.165) is 22.3 Å². The minimum atomic E-state index is 0.140. The van der Waals surface area contributed by atoms with Gasteiger partial charge in [0.2, 0.25) is 0 Å². The Morgan fingerprint density at radius 1 is 1.26 bits per heavy atom. The molecule has 0 fully saturated rings. The first-order chi connectivity index (χ1) is 12.9. The normalized spacial score (nSPS) is 12.5. The van der Waals surface area contributed by atoms with Crippen molar-refractivity contribution >= 4 is 22.6 Å². The lowest BCUT2D eigenvalue weighted by molar-refractivity contribution is 0.164. The molecule has 6 heteroatoms. The molecule has 140 valence electrons. The van der Waals surface area contributed by atoms with Crippen LogP contribution in [0.2, 0.25) is 5.15 Å². The van der Waals surface area contributed by atoms with Gasteiger partial charge in [-0.05, 0) is 43.5 Å². The van der Waals surface area contributed by atoms with Gasteiger partial charge in [0.25, 0.3) is 0 Å². The average Bonchev–Trinajstić information content (AvgIpc) is 2.96. The average molecular weight is 383 g/mol. The largest absolute Gasteiger partial charge is 0.383 e. The lowest BCUT2D eigenvalue weighted by Gasteiger charge is -2.15. The van der Waals surface area contributed by atoms with E-state index in [-0.39, 0.29) is 12.0 Å². The molecule has 0 saturated carbocycles.